The fourth-order valence-corrected chi connectivity index (χ4v) is 4.21. The molecule has 1 N–H and O–H groups in total. The molecule has 8 heteroatoms. The first-order chi connectivity index (χ1) is 14.4. The van der Waals surface area contributed by atoms with Crippen LogP contribution in [0.25, 0.3) is 11.4 Å². The zero-order valence-corrected chi connectivity index (χ0v) is 17.4. The van der Waals surface area contributed by atoms with Crippen LogP contribution in [0, 0.1) is 5.82 Å². The molecule has 1 fully saturated rings. The van der Waals surface area contributed by atoms with Gasteiger partial charge < -0.3 is 5.32 Å². The average Bonchev–Trinajstić information content (AvgIpc) is 3.48. The fourth-order valence-electron chi connectivity index (χ4n) is 3.21. The highest BCUT2D eigenvalue weighted by atomic mass is 32.2. The Kier molecular flexibility index (Phi) is 5.67. The SMILES string of the molecule is CC(=O)Nc1ccc(C(=O)C(C)Sc2nnc(-c3ccccc3F)n2C2CC2)cc1. The number of hydrogen-bond donors (Lipinski definition) is 1. The number of ketones is 1. The largest absolute Gasteiger partial charge is 0.326 e. The predicted octanol–water partition coefficient (Wildman–Crippen LogP) is 4.74. The second-order valence-corrected chi connectivity index (χ2v) is 8.58. The normalized spacial score (nSPS) is 14.4. The van der Waals surface area contributed by atoms with Crippen LogP contribution >= 0.6 is 11.8 Å². The second-order valence-electron chi connectivity index (χ2n) is 7.27. The van der Waals surface area contributed by atoms with Gasteiger partial charge in [0.15, 0.2) is 16.8 Å². The molecule has 1 aliphatic carbocycles. The Balaban J connectivity index is 1.55. The van der Waals surface area contributed by atoms with Crippen molar-refractivity contribution >= 4 is 29.1 Å². The number of aromatic nitrogens is 3. The summed E-state index contributed by atoms with van der Waals surface area (Å²) in [5, 5.41) is 11.4. The van der Waals surface area contributed by atoms with E-state index in [0.29, 0.717) is 27.8 Å². The minimum atomic E-state index is -0.396. The fraction of sp³-hybridized carbons (Fsp3) is 0.273. The molecule has 0 spiro atoms. The van der Waals surface area contributed by atoms with Crippen LogP contribution in [0.2, 0.25) is 0 Å². The van der Waals surface area contributed by atoms with Crippen LogP contribution in [0.5, 0.6) is 0 Å². The van der Waals surface area contributed by atoms with Gasteiger partial charge in [-0.1, -0.05) is 23.9 Å². The number of amides is 1. The van der Waals surface area contributed by atoms with Gasteiger partial charge in [-0.2, -0.15) is 0 Å². The van der Waals surface area contributed by atoms with E-state index in [1.54, 1.807) is 42.5 Å². The highest BCUT2D eigenvalue weighted by Gasteiger charge is 2.32. The zero-order valence-electron chi connectivity index (χ0n) is 16.6. The van der Waals surface area contributed by atoms with E-state index in [-0.39, 0.29) is 23.5 Å². The van der Waals surface area contributed by atoms with Crippen LogP contribution in [-0.2, 0) is 4.79 Å². The number of thioether (sulfide) groups is 1. The van der Waals surface area contributed by atoms with Crippen molar-refractivity contribution < 1.29 is 14.0 Å². The number of hydrogen-bond acceptors (Lipinski definition) is 5. The molecule has 154 valence electrons. The standard InChI is InChI=1S/C22H21FN4O2S/c1-13(20(29)15-7-9-16(10-8-15)24-14(2)28)30-22-26-25-21(27(22)17-11-12-17)18-5-3-4-6-19(18)23/h3-10,13,17H,11-12H2,1-2H3,(H,24,28). The number of halogens is 1. The van der Waals surface area contributed by atoms with E-state index in [1.165, 1.54) is 24.8 Å². The van der Waals surface area contributed by atoms with Crippen LogP contribution in [-0.4, -0.2) is 31.7 Å². The summed E-state index contributed by atoms with van der Waals surface area (Å²) in [4.78, 5) is 24.0. The molecule has 0 aliphatic heterocycles. The molecule has 1 heterocycles. The molecule has 6 nitrogen and oxygen atoms in total. The molecule has 1 atom stereocenters. The Hall–Kier alpha value is -3.00. The van der Waals surface area contributed by atoms with Gasteiger partial charge >= 0.3 is 0 Å². The third kappa shape index (κ3) is 4.28. The maximum absolute atomic E-state index is 14.3. The molecule has 1 amide bonds. The molecule has 0 bridgehead atoms. The van der Waals surface area contributed by atoms with Crippen LogP contribution in [0.1, 0.15) is 43.1 Å². The molecule has 1 aromatic heterocycles. The molecule has 1 unspecified atom stereocenters. The van der Waals surface area contributed by atoms with Crippen molar-refractivity contribution in [2.45, 2.75) is 43.1 Å². The lowest BCUT2D eigenvalue weighted by atomic mass is 10.1. The summed E-state index contributed by atoms with van der Waals surface area (Å²) in [7, 11) is 0. The number of rotatable bonds is 7. The van der Waals surface area contributed by atoms with Gasteiger partial charge in [0, 0.05) is 24.2 Å². The number of carbonyl (C=O) groups excluding carboxylic acids is 2. The second kappa shape index (κ2) is 8.39. The number of carbonyl (C=O) groups is 2. The summed E-state index contributed by atoms with van der Waals surface area (Å²) in [6.07, 6.45) is 1.97. The lowest BCUT2D eigenvalue weighted by Crippen LogP contribution is -2.15. The summed E-state index contributed by atoms with van der Waals surface area (Å²) < 4.78 is 16.3. The van der Waals surface area contributed by atoms with Crippen molar-refractivity contribution in [2.75, 3.05) is 5.32 Å². The van der Waals surface area contributed by atoms with Gasteiger partial charge in [-0.05, 0) is 56.2 Å². The van der Waals surface area contributed by atoms with Crippen molar-refractivity contribution in [1.29, 1.82) is 0 Å². The Morgan fingerprint density at radius 2 is 1.83 bits per heavy atom. The van der Waals surface area contributed by atoms with Crippen LogP contribution in [0.3, 0.4) is 0 Å². The van der Waals surface area contributed by atoms with E-state index >= 15 is 0 Å². The number of nitrogens with one attached hydrogen (secondary N) is 1. The summed E-state index contributed by atoms with van der Waals surface area (Å²) in [5.41, 5.74) is 1.61. The molecule has 0 radical (unpaired) electrons. The molecule has 4 rings (SSSR count). The molecule has 3 aromatic rings. The van der Waals surface area contributed by atoms with Gasteiger partial charge in [-0.25, -0.2) is 4.39 Å². The minimum Gasteiger partial charge on any atom is -0.326 e. The van der Waals surface area contributed by atoms with Gasteiger partial charge in [0.1, 0.15) is 5.82 Å². The monoisotopic (exact) mass is 424 g/mol. The van der Waals surface area contributed by atoms with Gasteiger partial charge in [-0.3, -0.25) is 14.2 Å². The van der Waals surface area contributed by atoms with E-state index in [0.717, 1.165) is 12.8 Å². The van der Waals surface area contributed by atoms with Crippen LogP contribution < -0.4 is 5.32 Å². The minimum absolute atomic E-state index is 0.0489. The van der Waals surface area contributed by atoms with Gasteiger partial charge in [0.05, 0.1) is 10.8 Å². The first kappa shape index (κ1) is 20.3. The highest BCUT2D eigenvalue weighted by Crippen LogP contribution is 2.42. The maximum Gasteiger partial charge on any atom is 0.221 e. The van der Waals surface area contributed by atoms with Crippen molar-refractivity contribution in [3.8, 4) is 11.4 Å². The van der Waals surface area contributed by atoms with Gasteiger partial charge in [0.2, 0.25) is 5.91 Å². The molecule has 30 heavy (non-hydrogen) atoms. The quantitative estimate of drug-likeness (QED) is 0.438. The van der Waals surface area contributed by atoms with E-state index in [2.05, 4.69) is 15.5 Å². The molecule has 1 aliphatic rings. The van der Waals surface area contributed by atoms with Crippen molar-refractivity contribution in [1.82, 2.24) is 14.8 Å². The number of Topliss-reactive ketones (excluding diaryl/α,β-unsaturated/α-hetero) is 1. The summed E-state index contributed by atoms with van der Waals surface area (Å²) in [6, 6.07) is 13.5. The third-order valence-corrected chi connectivity index (χ3v) is 5.89. The summed E-state index contributed by atoms with van der Waals surface area (Å²) in [6.45, 7) is 3.26. The number of nitrogens with zero attached hydrogens (tertiary/aromatic N) is 3. The smallest absolute Gasteiger partial charge is 0.221 e. The molecule has 2 aromatic carbocycles. The van der Waals surface area contributed by atoms with E-state index in [4.69, 9.17) is 0 Å². The zero-order chi connectivity index (χ0) is 21.3. The lowest BCUT2D eigenvalue weighted by molar-refractivity contribution is -0.114. The number of benzene rings is 2. The molecule has 0 saturated heterocycles. The lowest BCUT2D eigenvalue weighted by Gasteiger charge is -2.13. The highest BCUT2D eigenvalue weighted by molar-refractivity contribution is 8.00. The Bertz CT molecular complexity index is 1090. The molecular formula is C22H21FN4O2S. The van der Waals surface area contributed by atoms with Crippen LogP contribution in [0.15, 0.2) is 53.7 Å². The maximum atomic E-state index is 14.3. The Morgan fingerprint density at radius 3 is 2.47 bits per heavy atom. The first-order valence-corrected chi connectivity index (χ1v) is 10.6. The Morgan fingerprint density at radius 1 is 1.13 bits per heavy atom. The Labute approximate surface area is 177 Å². The van der Waals surface area contributed by atoms with Crippen molar-refractivity contribution in [3.63, 3.8) is 0 Å². The first-order valence-electron chi connectivity index (χ1n) is 9.72. The topological polar surface area (TPSA) is 76.9 Å². The van der Waals surface area contributed by atoms with Gasteiger partial charge in [-0.15, -0.1) is 10.2 Å². The number of anilines is 1. The van der Waals surface area contributed by atoms with Gasteiger partial charge in [0.25, 0.3) is 0 Å². The summed E-state index contributed by atoms with van der Waals surface area (Å²) in [5.74, 6) is -0.0561. The van der Waals surface area contributed by atoms with Crippen molar-refractivity contribution in [3.05, 3.63) is 59.9 Å². The molecule has 1 saturated carbocycles. The average molecular weight is 425 g/mol. The van der Waals surface area contributed by atoms with E-state index < -0.39 is 5.25 Å². The van der Waals surface area contributed by atoms with E-state index in [9.17, 15) is 14.0 Å². The third-order valence-electron chi connectivity index (χ3n) is 4.83. The summed E-state index contributed by atoms with van der Waals surface area (Å²) >= 11 is 1.33. The predicted molar refractivity (Wildman–Crippen MR) is 114 cm³/mol. The van der Waals surface area contributed by atoms with Crippen molar-refractivity contribution in [2.24, 2.45) is 0 Å². The molecular weight excluding hydrogens is 403 g/mol. The van der Waals surface area contributed by atoms with Crippen LogP contribution in [0.4, 0.5) is 10.1 Å². The van der Waals surface area contributed by atoms with E-state index in [1.807, 2.05) is 11.5 Å².